The van der Waals surface area contributed by atoms with Crippen molar-refractivity contribution in [3.05, 3.63) is 17.7 Å². The molecule has 0 aliphatic rings. The topological polar surface area (TPSA) is 61.0 Å². The predicted octanol–water partition coefficient (Wildman–Crippen LogP) is 0.489. The van der Waals surface area contributed by atoms with Crippen LogP contribution in [-0.2, 0) is 6.54 Å². The highest BCUT2D eigenvalue weighted by atomic mass is 16.2. The first-order chi connectivity index (χ1) is 6.11. The molecule has 13 heavy (non-hydrogen) atoms. The molecule has 2 amide bonds. The van der Waals surface area contributed by atoms with Crippen molar-refractivity contribution in [3.63, 3.8) is 0 Å². The third-order valence-corrected chi connectivity index (χ3v) is 1.75. The van der Waals surface area contributed by atoms with Gasteiger partial charge in [-0.15, -0.1) is 0 Å². The Morgan fingerprint density at radius 2 is 2.38 bits per heavy atom. The number of hydrogen-bond donors (Lipinski definition) is 2. The van der Waals surface area contributed by atoms with Crippen LogP contribution >= 0.6 is 0 Å². The Hall–Kier alpha value is -1.52. The summed E-state index contributed by atoms with van der Waals surface area (Å²) >= 11 is 0. The van der Waals surface area contributed by atoms with Crippen LogP contribution in [0.5, 0.6) is 0 Å². The lowest BCUT2D eigenvalue weighted by molar-refractivity contribution is 0.217. The molecule has 0 bridgehead atoms. The number of imidazole rings is 1. The van der Waals surface area contributed by atoms with Gasteiger partial charge in [0.05, 0.1) is 18.6 Å². The number of H-pyrrole nitrogens is 1. The molecule has 0 radical (unpaired) electrons. The highest BCUT2D eigenvalue weighted by Crippen LogP contribution is 1.99. The highest BCUT2D eigenvalue weighted by Gasteiger charge is 2.05. The molecule has 0 unspecified atom stereocenters. The summed E-state index contributed by atoms with van der Waals surface area (Å²) in [6.45, 7) is 2.39. The van der Waals surface area contributed by atoms with Gasteiger partial charge >= 0.3 is 6.03 Å². The standard InChI is InChI=1S/C8H14N4O/c1-6-7(11-5-10-6)4-9-8(13)12(2)3/h5H,4H2,1-3H3,(H,9,13)(H,10,11). The number of nitrogens with zero attached hydrogens (tertiary/aromatic N) is 2. The van der Waals surface area contributed by atoms with E-state index < -0.39 is 0 Å². The van der Waals surface area contributed by atoms with Crippen molar-refractivity contribution in [1.29, 1.82) is 0 Å². The van der Waals surface area contributed by atoms with E-state index in [1.54, 1.807) is 20.4 Å². The highest BCUT2D eigenvalue weighted by molar-refractivity contribution is 5.73. The maximum Gasteiger partial charge on any atom is 0.317 e. The molecular weight excluding hydrogens is 168 g/mol. The van der Waals surface area contributed by atoms with Gasteiger partial charge in [0.1, 0.15) is 0 Å². The van der Waals surface area contributed by atoms with Crippen LogP contribution in [0.2, 0.25) is 0 Å². The first-order valence-electron chi connectivity index (χ1n) is 4.05. The summed E-state index contributed by atoms with van der Waals surface area (Å²) < 4.78 is 0. The Kier molecular flexibility index (Phi) is 2.89. The molecule has 0 aliphatic heterocycles. The number of amides is 2. The summed E-state index contributed by atoms with van der Waals surface area (Å²) in [5, 5.41) is 2.73. The van der Waals surface area contributed by atoms with Crippen LogP contribution in [0.15, 0.2) is 6.33 Å². The van der Waals surface area contributed by atoms with E-state index in [1.165, 1.54) is 4.90 Å². The fourth-order valence-corrected chi connectivity index (χ4v) is 0.883. The van der Waals surface area contributed by atoms with Gasteiger partial charge < -0.3 is 15.2 Å². The number of hydrogen-bond acceptors (Lipinski definition) is 2. The molecule has 0 saturated heterocycles. The Labute approximate surface area is 77.2 Å². The van der Waals surface area contributed by atoms with E-state index in [0.29, 0.717) is 6.54 Å². The van der Waals surface area contributed by atoms with E-state index in [9.17, 15) is 4.79 Å². The Bertz CT molecular complexity index is 292. The molecule has 5 nitrogen and oxygen atoms in total. The maximum atomic E-state index is 11.1. The number of aryl methyl sites for hydroxylation is 1. The second-order valence-electron chi connectivity index (χ2n) is 3.03. The third kappa shape index (κ3) is 2.47. The lowest BCUT2D eigenvalue weighted by Gasteiger charge is -2.10. The molecular formula is C8H14N4O. The number of urea groups is 1. The van der Waals surface area contributed by atoms with Crippen LogP contribution < -0.4 is 5.32 Å². The number of nitrogens with one attached hydrogen (secondary N) is 2. The summed E-state index contributed by atoms with van der Waals surface area (Å²) in [6.07, 6.45) is 1.62. The molecule has 0 fully saturated rings. The second-order valence-corrected chi connectivity index (χ2v) is 3.03. The molecule has 0 spiro atoms. The zero-order valence-electron chi connectivity index (χ0n) is 8.09. The lowest BCUT2D eigenvalue weighted by Crippen LogP contribution is -2.34. The summed E-state index contributed by atoms with van der Waals surface area (Å²) in [7, 11) is 3.40. The zero-order valence-corrected chi connectivity index (χ0v) is 8.09. The Morgan fingerprint density at radius 3 is 2.85 bits per heavy atom. The first kappa shape index (κ1) is 9.57. The number of aromatic nitrogens is 2. The minimum atomic E-state index is -0.109. The summed E-state index contributed by atoms with van der Waals surface area (Å²) in [5.74, 6) is 0. The maximum absolute atomic E-state index is 11.1. The molecule has 1 aromatic rings. The average Bonchev–Trinajstić information content (AvgIpc) is 2.47. The van der Waals surface area contributed by atoms with Gasteiger partial charge in [0, 0.05) is 19.8 Å². The molecule has 1 rings (SSSR count). The number of aromatic amines is 1. The molecule has 5 heteroatoms. The van der Waals surface area contributed by atoms with Gasteiger partial charge in [-0.05, 0) is 6.92 Å². The molecule has 0 saturated carbocycles. The van der Waals surface area contributed by atoms with Crippen molar-refractivity contribution in [2.45, 2.75) is 13.5 Å². The van der Waals surface area contributed by atoms with E-state index in [2.05, 4.69) is 15.3 Å². The summed E-state index contributed by atoms with van der Waals surface area (Å²) in [4.78, 5) is 19.6. The van der Waals surface area contributed by atoms with Crippen molar-refractivity contribution >= 4 is 6.03 Å². The molecule has 0 aliphatic carbocycles. The molecule has 0 atom stereocenters. The smallest absolute Gasteiger partial charge is 0.317 e. The predicted molar refractivity (Wildman–Crippen MR) is 49.2 cm³/mol. The average molecular weight is 182 g/mol. The fraction of sp³-hybridized carbons (Fsp3) is 0.500. The van der Waals surface area contributed by atoms with E-state index in [-0.39, 0.29) is 6.03 Å². The van der Waals surface area contributed by atoms with Gasteiger partial charge in [-0.2, -0.15) is 0 Å². The number of carbonyl (C=O) groups excluding carboxylic acids is 1. The number of carbonyl (C=O) groups is 1. The van der Waals surface area contributed by atoms with Crippen molar-refractivity contribution in [3.8, 4) is 0 Å². The van der Waals surface area contributed by atoms with Gasteiger partial charge in [-0.25, -0.2) is 9.78 Å². The fourth-order valence-electron chi connectivity index (χ4n) is 0.883. The van der Waals surface area contributed by atoms with Crippen molar-refractivity contribution < 1.29 is 4.79 Å². The Morgan fingerprint density at radius 1 is 1.69 bits per heavy atom. The lowest BCUT2D eigenvalue weighted by atomic mass is 10.3. The molecule has 2 N–H and O–H groups in total. The van der Waals surface area contributed by atoms with Gasteiger partial charge in [-0.1, -0.05) is 0 Å². The monoisotopic (exact) mass is 182 g/mol. The first-order valence-corrected chi connectivity index (χ1v) is 4.05. The molecule has 1 aromatic heterocycles. The second kappa shape index (κ2) is 3.93. The van der Waals surface area contributed by atoms with Crippen LogP contribution in [0.25, 0.3) is 0 Å². The van der Waals surface area contributed by atoms with Crippen LogP contribution in [0, 0.1) is 6.92 Å². The van der Waals surface area contributed by atoms with Crippen LogP contribution in [0.3, 0.4) is 0 Å². The summed E-state index contributed by atoms with van der Waals surface area (Å²) in [5.41, 5.74) is 1.86. The molecule has 1 heterocycles. The van der Waals surface area contributed by atoms with E-state index in [0.717, 1.165) is 11.4 Å². The van der Waals surface area contributed by atoms with E-state index in [4.69, 9.17) is 0 Å². The minimum Gasteiger partial charge on any atom is -0.348 e. The zero-order chi connectivity index (χ0) is 9.84. The number of rotatable bonds is 2. The van der Waals surface area contributed by atoms with Gasteiger partial charge in [-0.3, -0.25) is 0 Å². The van der Waals surface area contributed by atoms with Crippen LogP contribution in [0.4, 0.5) is 4.79 Å². The van der Waals surface area contributed by atoms with Crippen LogP contribution in [-0.4, -0.2) is 35.0 Å². The minimum absolute atomic E-state index is 0.109. The molecule has 72 valence electrons. The van der Waals surface area contributed by atoms with Gasteiger partial charge in [0.2, 0.25) is 0 Å². The van der Waals surface area contributed by atoms with Gasteiger partial charge in [0.15, 0.2) is 0 Å². The molecule has 0 aromatic carbocycles. The summed E-state index contributed by atoms with van der Waals surface area (Å²) in [6, 6.07) is -0.109. The van der Waals surface area contributed by atoms with E-state index in [1.807, 2.05) is 6.92 Å². The normalized spacial score (nSPS) is 9.77. The third-order valence-electron chi connectivity index (χ3n) is 1.75. The largest absolute Gasteiger partial charge is 0.348 e. The van der Waals surface area contributed by atoms with Crippen molar-refractivity contribution in [2.24, 2.45) is 0 Å². The van der Waals surface area contributed by atoms with Crippen molar-refractivity contribution in [1.82, 2.24) is 20.2 Å². The van der Waals surface area contributed by atoms with E-state index >= 15 is 0 Å². The quantitative estimate of drug-likeness (QED) is 0.699. The Balaban J connectivity index is 2.44. The SMILES string of the molecule is Cc1[nH]cnc1CNC(=O)N(C)C. The van der Waals surface area contributed by atoms with Crippen LogP contribution in [0.1, 0.15) is 11.4 Å². The van der Waals surface area contributed by atoms with Crippen molar-refractivity contribution in [2.75, 3.05) is 14.1 Å². The van der Waals surface area contributed by atoms with Gasteiger partial charge in [0.25, 0.3) is 0 Å².